The Morgan fingerprint density at radius 1 is 0.926 bits per heavy atom. The predicted octanol–water partition coefficient (Wildman–Crippen LogP) is 6.30. The second-order valence-corrected chi connectivity index (χ2v) is 8.72. The molecule has 1 nitrogen and oxygen atoms in total. The van der Waals surface area contributed by atoms with Gasteiger partial charge in [0.05, 0.1) is 10.9 Å². The molecule has 1 aromatic heterocycles. The van der Waals surface area contributed by atoms with E-state index in [2.05, 4.69) is 75.7 Å². The first kappa shape index (κ1) is 18.2. The van der Waals surface area contributed by atoms with Crippen LogP contribution in [0.4, 0.5) is 0 Å². The third-order valence-electron chi connectivity index (χ3n) is 6.67. The first-order valence-electron chi connectivity index (χ1n) is 10.4. The van der Waals surface area contributed by atoms with E-state index >= 15 is 0 Å². The van der Waals surface area contributed by atoms with E-state index in [0.29, 0.717) is 0 Å². The maximum absolute atomic E-state index is 2.45. The van der Waals surface area contributed by atoms with Gasteiger partial charge in [-0.05, 0) is 67.3 Å². The molecule has 1 aliphatic rings. The van der Waals surface area contributed by atoms with Gasteiger partial charge in [0.25, 0.3) is 0 Å². The standard InChI is InChI=1S/C26H32N/c1-17-12-18(2)20(4)25(13-17)26-24-11-10-22(15-21-8-6-7-9-21)16-23(24)14-19(3)27(26)5/h10-14,16,21H,6-9,15H2,1-5H3/q+1. The smallest absolute Gasteiger partial charge is 0.198 e. The molecule has 0 saturated heterocycles. The van der Waals surface area contributed by atoms with Gasteiger partial charge in [-0.3, -0.25) is 0 Å². The number of aryl methyl sites for hydroxylation is 3. The molecule has 140 valence electrons. The van der Waals surface area contributed by atoms with Crippen LogP contribution in [0.25, 0.3) is 22.0 Å². The minimum Gasteiger partial charge on any atom is -0.198 e. The maximum atomic E-state index is 2.45. The van der Waals surface area contributed by atoms with Crippen molar-refractivity contribution in [3.63, 3.8) is 0 Å². The quantitative estimate of drug-likeness (QED) is 0.484. The average Bonchev–Trinajstić information content (AvgIpc) is 3.13. The zero-order valence-corrected chi connectivity index (χ0v) is 17.5. The fourth-order valence-corrected chi connectivity index (χ4v) is 4.91. The van der Waals surface area contributed by atoms with Crippen molar-refractivity contribution in [2.45, 2.75) is 59.8 Å². The molecule has 1 fully saturated rings. The number of aromatic nitrogens is 1. The van der Waals surface area contributed by atoms with Crippen molar-refractivity contribution < 1.29 is 4.57 Å². The molecule has 0 spiro atoms. The van der Waals surface area contributed by atoms with Gasteiger partial charge >= 0.3 is 0 Å². The van der Waals surface area contributed by atoms with Crippen LogP contribution in [0.15, 0.2) is 36.4 Å². The molecule has 0 N–H and O–H groups in total. The number of hydrogen-bond donors (Lipinski definition) is 0. The first-order chi connectivity index (χ1) is 12.9. The molecule has 0 bridgehead atoms. The molecule has 0 aliphatic heterocycles. The molecule has 0 amide bonds. The van der Waals surface area contributed by atoms with Gasteiger partial charge in [0, 0.05) is 13.0 Å². The van der Waals surface area contributed by atoms with Crippen molar-refractivity contribution >= 4 is 10.8 Å². The highest BCUT2D eigenvalue weighted by Crippen LogP contribution is 2.33. The van der Waals surface area contributed by atoms with E-state index in [1.54, 1.807) is 0 Å². The van der Waals surface area contributed by atoms with Gasteiger partial charge in [-0.15, -0.1) is 0 Å². The summed E-state index contributed by atoms with van der Waals surface area (Å²) >= 11 is 0. The number of benzene rings is 2. The van der Waals surface area contributed by atoms with Crippen LogP contribution in [0.2, 0.25) is 0 Å². The number of pyridine rings is 1. The predicted molar refractivity (Wildman–Crippen MR) is 115 cm³/mol. The van der Waals surface area contributed by atoms with Crippen LogP contribution in [0.3, 0.4) is 0 Å². The lowest BCUT2D eigenvalue weighted by Gasteiger charge is -2.14. The van der Waals surface area contributed by atoms with Crippen LogP contribution in [0, 0.1) is 33.6 Å². The second kappa shape index (κ2) is 7.11. The SMILES string of the molecule is Cc1cc(C)c(C)c(-c2c3ccc(CC4CCCC4)cc3cc(C)[n+]2C)c1. The molecule has 1 heterocycles. The Morgan fingerprint density at radius 3 is 2.41 bits per heavy atom. The molecule has 0 radical (unpaired) electrons. The largest absolute Gasteiger partial charge is 0.220 e. The van der Waals surface area contributed by atoms with Gasteiger partial charge in [0.1, 0.15) is 7.05 Å². The summed E-state index contributed by atoms with van der Waals surface area (Å²) < 4.78 is 2.36. The summed E-state index contributed by atoms with van der Waals surface area (Å²) in [6.07, 6.45) is 6.90. The van der Waals surface area contributed by atoms with E-state index in [0.717, 1.165) is 5.92 Å². The van der Waals surface area contributed by atoms with Gasteiger partial charge in [-0.2, -0.15) is 4.57 Å². The summed E-state index contributed by atoms with van der Waals surface area (Å²) in [6, 6.07) is 14.2. The summed E-state index contributed by atoms with van der Waals surface area (Å²) in [4.78, 5) is 0. The van der Waals surface area contributed by atoms with Gasteiger partial charge in [0.15, 0.2) is 5.69 Å². The van der Waals surface area contributed by atoms with Crippen molar-refractivity contribution in [2.75, 3.05) is 0 Å². The fourth-order valence-electron chi connectivity index (χ4n) is 4.91. The highest BCUT2D eigenvalue weighted by Gasteiger charge is 2.21. The molecular formula is C26H32N+. The Balaban J connectivity index is 1.88. The normalized spacial score (nSPS) is 15.0. The van der Waals surface area contributed by atoms with Crippen LogP contribution in [0.5, 0.6) is 0 Å². The number of fused-ring (bicyclic) bond motifs is 1. The molecule has 0 atom stereocenters. The molecule has 3 aromatic rings. The van der Waals surface area contributed by atoms with Crippen LogP contribution >= 0.6 is 0 Å². The lowest BCUT2D eigenvalue weighted by molar-refractivity contribution is -0.665. The molecule has 2 aromatic carbocycles. The van der Waals surface area contributed by atoms with E-state index in [4.69, 9.17) is 0 Å². The maximum Gasteiger partial charge on any atom is 0.220 e. The van der Waals surface area contributed by atoms with Crippen molar-refractivity contribution in [1.29, 1.82) is 0 Å². The van der Waals surface area contributed by atoms with Gasteiger partial charge in [-0.25, -0.2) is 0 Å². The molecule has 1 heteroatoms. The monoisotopic (exact) mass is 358 g/mol. The highest BCUT2D eigenvalue weighted by atomic mass is 14.9. The summed E-state index contributed by atoms with van der Waals surface area (Å²) in [5.41, 5.74) is 9.63. The Bertz CT molecular complexity index is 1010. The van der Waals surface area contributed by atoms with Gasteiger partial charge in [-0.1, -0.05) is 49.4 Å². The van der Waals surface area contributed by atoms with Crippen molar-refractivity contribution in [3.05, 3.63) is 64.3 Å². The van der Waals surface area contributed by atoms with Crippen LogP contribution in [-0.4, -0.2) is 0 Å². The molecule has 0 unspecified atom stereocenters. The minimum absolute atomic E-state index is 0.893. The van der Waals surface area contributed by atoms with E-state index in [1.165, 1.54) is 82.1 Å². The first-order valence-corrected chi connectivity index (χ1v) is 10.4. The molecule has 1 aliphatic carbocycles. The second-order valence-electron chi connectivity index (χ2n) is 8.72. The van der Waals surface area contributed by atoms with Crippen molar-refractivity contribution in [1.82, 2.24) is 0 Å². The summed E-state index contributed by atoms with van der Waals surface area (Å²) in [6.45, 7) is 8.91. The van der Waals surface area contributed by atoms with E-state index in [-0.39, 0.29) is 0 Å². The zero-order valence-electron chi connectivity index (χ0n) is 17.5. The average molecular weight is 359 g/mol. The van der Waals surface area contributed by atoms with Crippen molar-refractivity contribution in [3.8, 4) is 11.3 Å². The third kappa shape index (κ3) is 3.40. The Morgan fingerprint density at radius 2 is 1.67 bits per heavy atom. The summed E-state index contributed by atoms with van der Waals surface area (Å²) in [7, 11) is 2.20. The number of nitrogens with zero attached hydrogens (tertiary/aromatic N) is 1. The van der Waals surface area contributed by atoms with E-state index in [9.17, 15) is 0 Å². The summed E-state index contributed by atoms with van der Waals surface area (Å²) in [5.74, 6) is 0.893. The van der Waals surface area contributed by atoms with E-state index < -0.39 is 0 Å². The molecule has 1 saturated carbocycles. The third-order valence-corrected chi connectivity index (χ3v) is 6.67. The fraction of sp³-hybridized carbons (Fsp3) is 0.423. The number of hydrogen-bond acceptors (Lipinski definition) is 0. The van der Waals surface area contributed by atoms with Gasteiger partial charge in [0.2, 0.25) is 5.69 Å². The Labute approximate surface area is 164 Å². The van der Waals surface area contributed by atoms with Crippen LogP contribution in [0.1, 0.15) is 53.6 Å². The molecular weight excluding hydrogens is 326 g/mol. The lowest BCUT2D eigenvalue weighted by Crippen LogP contribution is -2.35. The Hall–Kier alpha value is -2.15. The zero-order chi connectivity index (χ0) is 19.1. The number of rotatable bonds is 3. The van der Waals surface area contributed by atoms with Crippen LogP contribution in [-0.2, 0) is 13.5 Å². The lowest BCUT2D eigenvalue weighted by atomic mass is 9.92. The highest BCUT2D eigenvalue weighted by molar-refractivity contribution is 5.94. The van der Waals surface area contributed by atoms with Crippen molar-refractivity contribution in [2.24, 2.45) is 13.0 Å². The van der Waals surface area contributed by atoms with E-state index in [1.807, 2.05) is 0 Å². The van der Waals surface area contributed by atoms with Gasteiger partial charge < -0.3 is 0 Å². The molecule has 27 heavy (non-hydrogen) atoms. The Kier molecular flexibility index (Phi) is 4.80. The van der Waals surface area contributed by atoms with Crippen LogP contribution < -0.4 is 4.57 Å². The molecule has 4 rings (SSSR count). The summed E-state index contributed by atoms with van der Waals surface area (Å²) in [5, 5.41) is 2.75. The minimum atomic E-state index is 0.893. The topological polar surface area (TPSA) is 3.88 Å².